The zero-order valence-electron chi connectivity index (χ0n) is 16.1. The van der Waals surface area contributed by atoms with E-state index in [2.05, 4.69) is 27.4 Å². The van der Waals surface area contributed by atoms with Crippen LogP contribution in [0.15, 0.2) is 53.9 Å². The number of hydrogen-bond acceptors (Lipinski definition) is 6. The first kappa shape index (κ1) is 18.1. The summed E-state index contributed by atoms with van der Waals surface area (Å²) in [5.41, 5.74) is 3.43. The van der Waals surface area contributed by atoms with Crippen LogP contribution in [0.5, 0.6) is 11.5 Å². The number of allylic oxidation sites excluding steroid dienone is 1. The molecule has 1 aromatic carbocycles. The number of thiophene rings is 1. The molecule has 2 aromatic heterocycles. The van der Waals surface area contributed by atoms with Gasteiger partial charge in [0.2, 0.25) is 5.78 Å². The summed E-state index contributed by atoms with van der Waals surface area (Å²) in [4.78, 5) is 20.6. The number of ether oxygens (including phenoxy) is 2. The van der Waals surface area contributed by atoms with Crippen molar-refractivity contribution < 1.29 is 14.3 Å². The highest BCUT2D eigenvalue weighted by atomic mass is 32.1. The van der Waals surface area contributed by atoms with Crippen molar-refractivity contribution in [3.8, 4) is 11.5 Å². The molecule has 0 atom stereocenters. The lowest BCUT2D eigenvalue weighted by molar-refractivity contribution is 0.0956. The van der Waals surface area contributed by atoms with E-state index in [-0.39, 0.29) is 5.78 Å². The van der Waals surface area contributed by atoms with Crippen LogP contribution in [0.2, 0.25) is 0 Å². The number of ketones is 1. The number of aromatic nitrogens is 1. The van der Waals surface area contributed by atoms with Gasteiger partial charge >= 0.3 is 0 Å². The fourth-order valence-electron chi connectivity index (χ4n) is 3.77. The minimum absolute atomic E-state index is 0.0848. The Hall–Kier alpha value is -2.96. The molecular weight excluding hydrogens is 384 g/mol. The number of rotatable bonds is 4. The quantitative estimate of drug-likeness (QED) is 0.601. The summed E-state index contributed by atoms with van der Waals surface area (Å²) >= 11 is 1.78. The van der Waals surface area contributed by atoms with Crippen LogP contribution in [0.4, 0.5) is 0 Å². The van der Waals surface area contributed by atoms with Crippen LogP contribution >= 0.6 is 11.3 Å². The highest BCUT2D eigenvalue weighted by Crippen LogP contribution is 2.43. The molecule has 0 unspecified atom stereocenters. The molecule has 0 bridgehead atoms. The van der Waals surface area contributed by atoms with E-state index >= 15 is 0 Å². The number of nitrogens with zero attached hydrogens (tertiary/aromatic N) is 2. The molecule has 5 nitrogen and oxygen atoms in total. The normalized spacial score (nSPS) is 17.0. The van der Waals surface area contributed by atoms with Crippen molar-refractivity contribution in [3.63, 3.8) is 0 Å². The van der Waals surface area contributed by atoms with Crippen LogP contribution in [0.25, 0.3) is 6.08 Å². The Balaban J connectivity index is 1.39. The van der Waals surface area contributed by atoms with Gasteiger partial charge in [0.15, 0.2) is 5.76 Å². The van der Waals surface area contributed by atoms with Crippen molar-refractivity contribution in [3.05, 3.63) is 81.0 Å². The molecule has 0 aliphatic carbocycles. The van der Waals surface area contributed by atoms with Crippen LogP contribution in [0.1, 0.15) is 31.9 Å². The summed E-state index contributed by atoms with van der Waals surface area (Å²) < 4.78 is 12.0. The van der Waals surface area contributed by atoms with Crippen molar-refractivity contribution in [2.75, 3.05) is 13.3 Å². The lowest BCUT2D eigenvalue weighted by atomic mass is 10.00. The molecule has 6 heteroatoms. The molecule has 0 radical (unpaired) electrons. The van der Waals surface area contributed by atoms with Crippen molar-refractivity contribution >= 4 is 23.2 Å². The number of carbonyl (C=O) groups is 1. The van der Waals surface area contributed by atoms with Crippen molar-refractivity contribution in [1.29, 1.82) is 0 Å². The summed E-state index contributed by atoms with van der Waals surface area (Å²) in [6, 6.07) is 9.87. The molecule has 2 aliphatic heterocycles. The van der Waals surface area contributed by atoms with Gasteiger partial charge in [0.05, 0.1) is 5.56 Å². The van der Waals surface area contributed by atoms with Gasteiger partial charge < -0.3 is 9.47 Å². The molecule has 0 N–H and O–H groups in total. The van der Waals surface area contributed by atoms with Gasteiger partial charge in [-0.2, -0.15) is 0 Å². The summed E-state index contributed by atoms with van der Waals surface area (Å²) in [7, 11) is 0. The molecule has 2 aliphatic rings. The Bertz CT molecular complexity index is 1090. The van der Waals surface area contributed by atoms with Gasteiger partial charge in [-0.1, -0.05) is 6.07 Å². The lowest BCUT2D eigenvalue weighted by Crippen LogP contribution is -2.34. The van der Waals surface area contributed by atoms with Gasteiger partial charge in [-0.15, -0.1) is 11.3 Å². The second-order valence-electron chi connectivity index (χ2n) is 7.24. The Morgan fingerprint density at radius 1 is 1.24 bits per heavy atom. The van der Waals surface area contributed by atoms with Gasteiger partial charge in [0, 0.05) is 41.5 Å². The van der Waals surface area contributed by atoms with Gasteiger partial charge in [0.25, 0.3) is 0 Å². The number of Topliss-reactive ketones (excluding diaryl/α,β-unsaturated/α-hetero) is 1. The topological polar surface area (TPSA) is 51.7 Å². The van der Waals surface area contributed by atoms with E-state index in [0.29, 0.717) is 23.8 Å². The second-order valence-corrected chi connectivity index (χ2v) is 8.27. The smallest absolute Gasteiger partial charge is 0.231 e. The highest BCUT2D eigenvalue weighted by molar-refractivity contribution is 7.09. The first-order chi connectivity index (χ1) is 14.2. The van der Waals surface area contributed by atoms with Crippen molar-refractivity contribution in [1.82, 2.24) is 9.88 Å². The fraction of sp³-hybridized carbons (Fsp3) is 0.217. The summed E-state index contributed by atoms with van der Waals surface area (Å²) in [6.45, 7) is 4.20. The van der Waals surface area contributed by atoms with Gasteiger partial charge in [-0.3, -0.25) is 14.7 Å². The van der Waals surface area contributed by atoms with E-state index in [9.17, 15) is 4.79 Å². The molecule has 4 heterocycles. The van der Waals surface area contributed by atoms with Crippen molar-refractivity contribution in [2.45, 2.75) is 19.9 Å². The molecule has 0 spiro atoms. The van der Waals surface area contributed by atoms with E-state index < -0.39 is 0 Å². The summed E-state index contributed by atoms with van der Waals surface area (Å²) in [6.07, 6.45) is 6.15. The van der Waals surface area contributed by atoms with Crippen LogP contribution in [0.3, 0.4) is 0 Å². The average Bonchev–Trinajstić information content (AvgIpc) is 3.37. The Kier molecular flexibility index (Phi) is 4.66. The summed E-state index contributed by atoms with van der Waals surface area (Å²) in [5.74, 6) is 1.71. The third-order valence-corrected chi connectivity index (χ3v) is 6.20. The Morgan fingerprint density at radius 2 is 2.10 bits per heavy atom. The first-order valence-corrected chi connectivity index (χ1v) is 10.5. The van der Waals surface area contributed by atoms with E-state index in [1.54, 1.807) is 29.8 Å². The molecule has 146 valence electrons. The predicted octanol–water partition coefficient (Wildman–Crippen LogP) is 4.46. The van der Waals surface area contributed by atoms with E-state index in [4.69, 9.17) is 9.47 Å². The van der Waals surface area contributed by atoms with Crippen LogP contribution in [0, 0.1) is 6.92 Å². The third kappa shape index (κ3) is 3.45. The van der Waals surface area contributed by atoms with Crippen LogP contribution in [-0.4, -0.2) is 28.9 Å². The standard InChI is InChI=1S/C23H20N2O3S/c1-15-22-17(13-25(14-27-22)9-6-18-3-2-10-29-18)12-19-21(26)20(28-23(15)19)11-16-4-7-24-8-5-16/h2-5,7-8,10-12H,6,9,13-14H2,1H3/b20-11-. The Morgan fingerprint density at radius 3 is 2.90 bits per heavy atom. The van der Waals surface area contributed by atoms with Crippen molar-refractivity contribution in [2.24, 2.45) is 0 Å². The largest absolute Gasteiger partial charge is 0.477 e. The number of benzene rings is 1. The predicted molar refractivity (Wildman–Crippen MR) is 112 cm³/mol. The maximum absolute atomic E-state index is 12.9. The highest BCUT2D eigenvalue weighted by Gasteiger charge is 2.33. The third-order valence-electron chi connectivity index (χ3n) is 5.26. The minimum Gasteiger partial charge on any atom is -0.477 e. The molecule has 3 aromatic rings. The molecule has 0 saturated heterocycles. The summed E-state index contributed by atoms with van der Waals surface area (Å²) in [5, 5.41) is 2.10. The molecule has 0 fully saturated rings. The monoisotopic (exact) mass is 404 g/mol. The van der Waals surface area contributed by atoms with Gasteiger partial charge in [-0.25, -0.2) is 0 Å². The number of carbonyl (C=O) groups excluding carboxylic acids is 1. The molecule has 29 heavy (non-hydrogen) atoms. The van der Waals surface area contributed by atoms with E-state index in [1.165, 1.54) is 4.88 Å². The minimum atomic E-state index is -0.0848. The molecular formula is C23H20N2O3S. The number of pyridine rings is 1. The average molecular weight is 404 g/mol. The SMILES string of the molecule is Cc1c2c(cc3c1O/C(=C\c1ccncc1)C3=O)CN(CCc1cccs1)CO2. The number of fused-ring (bicyclic) bond motifs is 2. The molecule has 0 amide bonds. The van der Waals surface area contributed by atoms with Crippen LogP contribution < -0.4 is 9.47 Å². The first-order valence-electron chi connectivity index (χ1n) is 9.57. The number of hydrogen-bond donors (Lipinski definition) is 0. The zero-order chi connectivity index (χ0) is 19.8. The lowest BCUT2D eigenvalue weighted by Gasteiger charge is -2.30. The van der Waals surface area contributed by atoms with Crippen LogP contribution in [-0.2, 0) is 13.0 Å². The molecule has 0 saturated carbocycles. The maximum atomic E-state index is 12.9. The zero-order valence-corrected chi connectivity index (χ0v) is 16.9. The molecule has 5 rings (SSSR count). The van der Waals surface area contributed by atoms with Gasteiger partial charge in [-0.05, 0) is 54.6 Å². The Labute approximate surface area is 173 Å². The maximum Gasteiger partial charge on any atom is 0.231 e. The van der Waals surface area contributed by atoms with E-state index in [1.807, 2.05) is 25.1 Å². The second kappa shape index (κ2) is 7.46. The van der Waals surface area contributed by atoms with E-state index in [0.717, 1.165) is 42.0 Å². The fourth-order valence-corrected chi connectivity index (χ4v) is 4.47. The van der Waals surface area contributed by atoms with Gasteiger partial charge in [0.1, 0.15) is 18.2 Å².